The van der Waals surface area contributed by atoms with Gasteiger partial charge >= 0.3 is 0 Å². The number of sulfonamides is 1. The number of amides is 1. The van der Waals surface area contributed by atoms with Crippen LogP contribution in [-0.4, -0.2) is 57.8 Å². The Morgan fingerprint density at radius 3 is 2.35 bits per heavy atom. The first-order valence-electron chi connectivity index (χ1n) is 7.46. The van der Waals surface area contributed by atoms with Gasteiger partial charge in [0.2, 0.25) is 15.9 Å². The molecule has 1 atom stereocenters. The fraction of sp³-hybridized carbons (Fsp3) is 0.533. The van der Waals surface area contributed by atoms with Crippen molar-refractivity contribution < 1.29 is 22.3 Å². The normalized spacial score (nSPS) is 16.9. The van der Waals surface area contributed by atoms with Gasteiger partial charge in [0.15, 0.2) is 0 Å². The van der Waals surface area contributed by atoms with Crippen molar-refractivity contribution in [2.24, 2.45) is 0 Å². The average Bonchev–Trinajstić information content (AvgIpc) is 2.53. The number of morpholine rings is 1. The first-order chi connectivity index (χ1) is 10.8. The highest BCUT2D eigenvalue weighted by Crippen LogP contribution is 2.24. The molecule has 0 bridgehead atoms. The Labute approximate surface area is 135 Å². The molecule has 23 heavy (non-hydrogen) atoms. The molecule has 1 aliphatic heterocycles. The monoisotopic (exact) mass is 344 g/mol. The maximum atomic E-state index is 13.1. The van der Waals surface area contributed by atoms with Crippen LogP contribution in [0.1, 0.15) is 13.3 Å². The van der Waals surface area contributed by atoms with Crippen molar-refractivity contribution in [2.75, 3.05) is 36.9 Å². The second-order valence-corrected chi connectivity index (χ2v) is 7.26. The molecule has 0 saturated carbocycles. The van der Waals surface area contributed by atoms with Crippen LogP contribution < -0.4 is 4.31 Å². The molecule has 1 aromatic carbocycles. The molecule has 1 saturated heterocycles. The summed E-state index contributed by atoms with van der Waals surface area (Å²) in [5.41, 5.74) is 0.280. The van der Waals surface area contributed by atoms with Crippen molar-refractivity contribution in [2.45, 2.75) is 19.4 Å². The van der Waals surface area contributed by atoms with Crippen LogP contribution in [0.5, 0.6) is 0 Å². The zero-order valence-electron chi connectivity index (χ0n) is 13.2. The zero-order chi connectivity index (χ0) is 17.0. The maximum absolute atomic E-state index is 13.1. The Morgan fingerprint density at radius 1 is 1.30 bits per heavy atom. The molecule has 2 rings (SSSR count). The number of ether oxygens (including phenoxy) is 1. The van der Waals surface area contributed by atoms with Crippen molar-refractivity contribution in [3.8, 4) is 0 Å². The lowest BCUT2D eigenvalue weighted by Crippen LogP contribution is -2.53. The first kappa shape index (κ1) is 17.7. The lowest BCUT2D eigenvalue weighted by atomic mass is 10.1. The van der Waals surface area contributed by atoms with Gasteiger partial charge in [-0.1, -0.05) is 6.92 Å². The van der Waals surface area contributed by atoms with E-state index in [1.165, 1.54) is 24.3 Å². The van der Waals surface area contributed by atoms with E-state index < -0.39 is 21.9 Å². The molecule has 0 aromatic heterocycles. The predicted octanol–water partition coefficient (Wildman–Crippen LogP) is 1.23. The van der Waals surface area contributed by atoms with Crippen LogP contribution in [0.15, 0.2) is 24.3 Å². The van der Waals surface area contributed by atoms with Gasteiger partial charge in [0.1, 0.15) is 11.9 Å². The fourth-order valence-corrected chi connectivity index (χ4v) is 3.83. The second kappa shape index (κ2) is 7.27. The lowest BCUT2D eigenvalue weighted by molar-refractivity contribution is -0.136. The first-order valence-corrected chi connectivity index (χ1v) is 9.31. The number of nitrogens with zero attached hydrogens (tertiary/aromatic N) is 2. The molecule has 6 nitrogen and oxygen atoms in total. The third kappa shape index (κ3) is 4.20. The van der Waals surface area contributed by atoms with E-state index in [0.29, 0.717) is 32.7 Å². The molecule has 1 aliphatic rings. The largest absolute Gasteiger partial charge is 0.378 e. The Kier molecular flexibility index (Phi) is 5.59. The maximum Gasteiger partial charge on any atom is 0.246 e. The van der Waals surface area contributed by atoms with Crippen molar-refractivity contribution >= 4 is 21.6 Å². The minimum Gasteiger partial charge on any atom is -0.378 e. The third-order valence-electron chi connectivity index (χ3n) is 3.72. The quantitative estimate of drug-likeness (QED) is 0.806. The molecule has 8 heteroatoms. The van der Waals surface area contributed by atoms with Crippen LogP contribution in [-0.2, 0) is 19.6 Å². The van der Waals surface area contributed by atoms with Gasteiger partial charge in [-0.2, -0.15) is 0 Å². The molecule has 0 radical (unpaired) electrons. The second-order valence-electron chi connectivity index (χ2n) is 5.40. The van der Waals surface area contributed by atoms with Gasteiger partial charge in [-0.3, -0.25) is 9.10 Å². The number of rotatable bonds is 5. The average molecular weight is 344 g/mol. The van der Waals surface area contributed by atoms with Crippen LogP contribution in [0, 0.1) is 5.82 Å². The standard InChI is InChI=1S/C15H21FN2O4S/c1-3-14(15(19)17-8-10-22-11-9-17)18(23(2,20)21)13-6-4-12(16)5-7-13/h4-7,14H,3,8-11H2,1-2H3/t14-/m1/s1. The van der Waals surface area contributed by atoms with Crippen LogP contribution in [0.3, 0.4) is 0 Å². The summed E-state index contributed by atoms with van der Waals surface area (Å²) in [7, 11) is -3.69. The predicted molar refractivity (Wildman–Crippen MR) is 85.2 cm³/mol. The van der Waals surface area contributed by atoms with Crippen LogP contribution in [0.25, 0.3) is 0 Å². The zero-order valence-corrected chi connectivity index (χ0v) is 14.1. The summed E-state index contributed by atoms with van der Waals surface area (Å²) in [5, 5.41) is 0. The van der Waals surface area contributed by atoms with E-state index in [1.54, 1.807) is 11.8 Å². The van der Waals surface area contributed by atoms with Gasteiger partial charge in [0.25, 0.3) is 0 Å². The summed E-state index contributed by atoms with van der Waals surface area (Å²) >= 11 is 0. The highest BCUT2D eigenvalue weighted by molar-refractivity contribution is 7.92. The van der Waals surface area contributed by atoms with Gasteiger partial charge in [-0.15, -0.1) is 0 Å². The Hall–Kier alpha value is -1.67. The molecule has 1 heterocycles. The van der Waals surface area contributed by atoms with Crippen molar-refractivity contribution in [3.63, 3.8) is 0 Å². The topological polar surface area (TPSA) is 66.9 Å². The van der Waals surface area contributed by atoms with E-state index >= 15 is 0 Å². The minimum absolute atomic E-state index is 0.259. The van der Waals surface area contributed by atoms with Crippen LogP contribution in [0.4, 0.5) is 10.1 Å². The SMILES string of the molecule is CC[C@H](C(=O)N1CCOCC1)N(c1ccc(F)cc1)S(C)(=O)=O. The van der Waals surface area contributed by atoms with Gasteiger partial charge < -0.3 is 9.64 Å². The minimum atomic E-state index is -3.69. The number of carbonyl (C=O) groups excluding carboxylic acids is 1. The molecule has 1 fully saturated rings. The molecule has 0 N–H and O–H groups in total. The summed E-state index contributed by atoms with van der Waals surface area (Å²) in [6.45, 7) is 3.52. The molecule has 0 aliphatic carbocycles. The smallest absolute Gasteiger partial charge is 0.246 e. The van der Waals surface area contributed by atoms with Gasteiger partial charge in [-0.25, -0.2) is 12.8 Å². The molecule has 0 unspecified atom stereocenters. The van der Waals surface area contributed by atoms with Crippen LogP contribution >= 0.6 is 0 Å². The van der Waals surface area contributed by atoms with E-state index in [0.717, 1.165) is 10.6 Å². The summed E-state index contributed by atoms with van der Waals surface area (Å²) in [5.74, 6) is -0.722. The lowest BCUT2D eigenvalue weighted by Gasteiger charge is -2.35. The van der Waals surface area contributed by atoms with Gasteiger partial charge in [0.05, 0.1) is 25.2 Å². The Balaban J connectivity index is 2.35. The number of hydrogen-bond acceptors (Lipinski definition) is 4. The van der Waals surface area contributed by atoms with Crippen molar-refractivity contribution in [1.82, 2.24) is 4.90 Å². The van der Waals surface area contributed by atoms with E-state index in [1.807, 2.05) is 0 Å². The summed E-state index contributed by atoms with van der Waals surface area (Å²) < 4.78 is 43.9. The molecule has 128 valence electrons. The summed E-state index contributed by atoms with van der Waals surface area (Å²) in [4.78, 5) is 14.4. The molecule has 1 aromatic rings. The van der Waals surface area contributed by atoms with Crippen molar-refractivity contribution in [1.29, 1.82) is 0 Å². The number of halogens is 1. The molecule has 1 amide bonds. The number of benzene rings is 1. The van der Waals surface area contributed by atoms with E-state index in [-0.39, 0.29) is 11.6 Å². The Morgan fingerprint density at radius 2 is 1.87 bits per heavy atom. The van der Waals surface area contributed by atoms with Gasteiger partial charge in [0, 0.05) is 13.1 Å². The molecular weight excluding hydrogens is 323 g/mol. The number of hydrogen-bond donors (Lipinski definition) is 0. The highest BCUT2D eigenvalue weighted by Gasteiger charge is 2.34. The number of anilines is 1. The summed E-state index contributed by atoms with van der Waals surface area (Å²) in [6.07, 6.45) is 1.37. The Bertz CT molecular complexity index is 642. The van der Waals surface area contributed by atoms with E-state index in [9.17, 15) is 17.6 Å². The van der Waals surface area contributed by atoms with Crippen LogP contribution in [0.2, 0.25) is 0 Å². The number of carbonyl (C=O) groups is 1. The third-order valence-corrected chi connectivity index (χ3v) is 4.90. The van der Waals surface area contributed by atoms with Gasteiger partial charge in [-0.05, 0) is 30.7 Å². The molecule has 0 spiro atoms. The van der Waals surface area contributed by atoms with E-state index in [4.69, 9.17) is 4.74 Å². The highest BCUT2D eigenvalue weighted by atomic mass is 32.2. The summed E-state index contributed by atoms with van der Waals surface area (Å²) in [6, 6.07) is 4.24. The molecular formula is C15H21FN2O4S. The fourth-order valence-electron chi connectivity index (χ4n) is 2.63. The van der Waals surface area contributed by atoms with Crippen molar-refractivity contribution in [3.05, 3.63) is 30.1 Å². The van der Waals surface area contributed by atoms with E-state index in [2.05, 4.69) is 0 Å².